The Labute approximate surface area is 175 Å². The Morgan fingerprint density at radius 2 is 2.13 bits per heavy atom. The molecule has 1 aliphatic rings. The highest BCUT2D eigenvalue weighted by molar-refractivity contribution is 5.84. The van der Waals surface area contributed by atoms with Crippen LogP contribution in [0.2, 0.25) is 0 Å². The molecule has 12 heteroatoms. The van der Waals surface area contributed by atoms with E-state index in [0.29, 0.717) is 19.0 Å². The summed E-state index contributed by atoms with van der Waals surface area (Å²) < 4.78 is 69.7. The number of nitrogens with one attached hydrogen (secondary N) is 2. The number of halogens is 5. The maximum absolute atomic E-state index is 13.1. The molecule has 0 aromatic carbocycles. The number of anilines is 2. The third-order valence-corrected chi connectivity index (χ3v) is 4.70. The van der Waals surface area contributed by atoms with Crippen molar-refractivity contribution in [2.75, 3.05) is 36.5 Å². The molecule has 31 heavy (non-hydrogen) atoms. The fourth-order valence-electron chi connectivity index (χ4n) is 3.27. The molecule has 3 heterocycles. The van der Waals surface area contributed by atoms with Gasteiger partial charge in [0.05, 0.1) is 18.7 Å². The molecule has 0 amide bonds. The van der Waals surface area contributed by atoms with Crippen molar-refractivity contribution in [1.82, 2.24) is 15.0 Å². The van der Waals surface area contributed by atoms with Gasteiger partial charge in [-0.15, -0.1) is 0 Å². The van der Waals surface area contributed by atoms with Gasteiger partial charge in [-0.25, -0.2) is 18.7 Å². The number of hydrogen-bond acceptors (Lipinski definition) is 7. The van der Waals surface area contributed by atoms with Gasteiger partial charge in [0.15, 0.2) is 5.69 Å². The molecule has 1 aliphatic heterocycles. The number of ether oxygens (including phenoxy) is 1. The quantitative estimate of drug-likeness (QED) is 0.475. The van der Waals surface area contributed by atoms with E-state index in [1.54, 1.807) is 0 Å². The molecule has 2 N–H and O–H groups in total. The zero-order valence-electron chi connectivity index (χ0n) is 16.4. The van der Waals surface area contributed by atoms with Crippen LogP contribution in [0, 0.1) is 11.3 Å². The van der Waals surface area contributed by atoms with Crippen molar-refractivity contribution >= 4 is 18.0 Å². The molecule has 1 fully saturated rings. The first-order valence-corrected chi connectivity index (χ1v) is 9.57. The summed E-state index contributed by atoms with van der Waals surface area (Å²) in [6.45, 7) is 0.482. The molecule has 0 radical (unpaired) electrons. The number of nitrogens with zero attached hydrogens (tertiary/aromatic N) is 4. The SMILES string of the molecule is N=Cc1cnc(N2CCCC(COc3cccnc3C(F)(F)F)C2)nc1NCC(F)F. The fraction of sp³-hybridized carbons (Fsp3) is 0.474. The largest absolute Gasteiger partial charge is 0.491 e. The number of alkyl halides is 5. The van der Waals surface area contributed by atoms with Crippen molar-refractivity contribution in [2.45, 2.75) is 25.4 Å². The minimum absolute atomic E-state index is 0.0559. The van der Waals surface area contributed by atoms with Gasteiger partial charge in [-0.05, 0) is 25.0 Å². The lowest BCUT2D eigenvalue weighted by Crippen LogP contribution is -2.39. The average molecular weight is 444 g/mol. The number of pyridine rings is 1. The molecule has 1 unspecified atom stereocenters. The smallest absolute Gasteiger partial charge is 0.437 e. The summed E-state index contributed by atoms with van der Waals surface area (Å²) in [6.07, 6.45) is -2.31. The van der Waals surface area contributed by atoms with Crippen LogP contribution in [0.4, 0.5) is 33.7 Å². The zero-order chi connectivity index (χ0) is 22.4. The van der Waals surface area contributed by atoms with Crippen LogP contribution in [0.25, 0.3) is 0 Å². The average Bonchev–Trinajstić information content (AvgIpc) is 2.75. The second kappa shape index (κ2) is 9.84. The number of aromatic nitrogens is 3. The second-order valence-corrected chi connectivity index (χ2v) is 7.00. The first kappa shape index (κ1) is 22.6. The molecule has 1 atom stereocenters. The zero-order valence-corrected chi connectivity index (χ0v) is 16.4. The number of piperidine rings is 1. The van der Waals surface area contributed by atoms with Gasteiger partial charge >= 0.3 is 6.18 Å². The van der Waals surface area contributed by atoms with Gasteiger partial charge in [0.25, 0.3) is 6.43 Å². The summed E-state index contributed by atoms with van der Waals surface area (Å²) in [5, 5.41) is 9.87. The van der Waals surface area contributed by atoms with Crippen LogP contribution in [0.5, 0.6) is 5.75 Å². The Morgan fingerprint density at radius 3 is 2.84 bits per heavy atom. The fourth-order valence-corrected chi connectivity index (χ4v) is 3.27. The Kier molecular flexibility index (Phi) is 7.18. The predicted octanol–water partition coefficient (Wildman–Crippen LogP) is 3.86. The van der Waals surface area contributed by atoms with Gasteiger partial charge in [-0.2, -0.15) is 18.2 Å². The summed E-state index contributed by atoms with van der Waals surface area (Å²) in [6, 6.07) is 2.61. The van der Waals surface area contributed by atoms with Gasteiger partial charge in [0.1, 0.15) is 11.6 Å². The van der Waals surface area contributed by atoms with Crippen LogP contribution < -0.4 is 15.0 Å². The van der Waals surface area contributed by atoms with E-state index in [2.05, 4.69) is 20.3 Å². The van der Waals surface area contributed by atoms with Gasteiger partial charge in [0, 0.05) is 37.6 Å². The first-order valence-electron chi connectivity index (χ1n) is 9.57. The van der Waals surface area contributed by atoms with Crippen molar-refractivity contribution in [2.24, 2.45) is 5.92 Å². The molecular weight excluding hydrogens is 423 g/mol. The normalized spacial score (nSPS) is 17.0. The number of hydrogen-bond donors (Lipinski definition) is 2. The Morgan fingerprint density at radius 1 is 1.32 bits per heavy atom. The number of rotatable bonds is 8. The van der Waals surface area contributed by atoms with E-state index in [0.717, 1.165) is 25.3 Å². The highest BCUT2D eigenvalue weighted by Gasteiger charge is 2.36. The summed E-state index contributed by atoms with van der Waals surface area (Å²) in [4.78, 5) is 13.7. The van der Waals surface area contributed by atoms with Crippen LogP contribution in [0.15, 0.2) is 24.5 Å². The van der Waals surface area contributed by atoms with E-state index >= 15 is 0 Å². The molecule has 0 aliphatic carbocycles. The summed E-state index contributed by atoms with van der Waals surface area (Å²) in [5.41, 5.74) is -0.791. The van der Waals surface area contributed by atoms with E-state index < -0.39 is 24.8 Å². The molecule has 168 valence electrons. The van der Waals surface area contributed by atoms with Crippen LogP contribution >= 0.6 is 0 Å². The molecule has 1 saturated heterocycles. The van der Waals surface area contributed by atoms with Crippen molar-refractivity contribution < 1.29 is 26.7 Å². The van der Waals surface area contributed by atoms with Gasteiger partial charge in [0.2, 0.25) is 5.95 Å². The molecule has 3 rings (SSSR count). The van der Waals surface area contributed by atoms with Gasteiger partial charge in [-0.1, -0.05) is 0 Å². The monoisotopic (exact) mass is 444 g/mol. The molecule has 0 saturated carbocycles. The highest BCUT2D eigenvalue weighted by atomic mass is 19.4. The lowest BCUT2D eigenvalue weighted by atomic mass is 9.99. The minimum Gasteiger partial charge on any atom is -0.491 e. The third-order valence-electron chi connectivity index (χ3n) is 4.70. The molecule has 2 aromatic heterocycles. The third kappa shape index (κ3) is 5.98. The molecule has 7 nitrogen and oxygen atoms in total. The summed E-state index contributed by atoms with van der Waals surface area (Å²) in [7, 11) is 0. The highest BCUT2D eigenvalue weighted by Crippen LogP contribution is 2.34. The van der Waals surface area contributed by atoms with E-state index in [1.807, 2.05) is 4.90 Å². The first-order chi connectivity index (χ1) is 14.8. The lowest BCUT2D eigenvalue weighted by Gasteiger charge is -2.33. The van der Waals surface area contributed by atoms with Crippen LogP contribution in [0.3, 0.4) is 0 Å². The van der Waals surface area contributed by atoms with Crippen molar-refractivity contribution in [3.63, 3.8) is 0 Å². The predicted molar refractivity (Wildman–Crippen MR) is 104 cm³/mol. The molecule has 0 spiro atoms. The van der Waals surface area contributed by atoms with Crippen LogP contribution in [-0.4, -0.2) is 53.8 Å². The molecular formula is C19H21F5N6O. The summed E-state index contributed by atoms with van der Waals surface area (Å²) in [5.74, 6) is 0.0176. The lowest BCUT2D eigenvalue weighted by molar-refractivity contribution is -0.142. The van der Waals surface area contributed by atoms with Crippen molar-refractivity contribution in [3.05, 3.63) is 35.8 Å². The van der Waals surface area contributed by atoms with Gasteiger partial charge in [-0.3, -0.25) is 0 Å². The maximum atomic E-state index is 13.1. The Balaban J connectivity index is 1.67. The van der Waals surface area contributed by atoms with E-state index in [9.17, 15) is 22.0 Å². The van der Waals surface area contributed by atoms with Crippen LogP contribution in [-0.2, 0) is 6.18 Å². The second-order valence-electron chi connectivity index (χ2n) is 7.00. The van der Waals surface area contributed by atoms with E-state index in [-0.39, 0.29) is 29.7 Å². The Bertz CT molecular complexity index is 894. The van der Waals surface area contributed by atoms with Crippen molar-refractivity contribution in [1.29, 1.82) is 5.41 Å². The molecule has 2 aromatic rings. The van der Waals surface area contributed by atoms with E-state index in [4.69, 9.17) is 10.1 Å². The Hall–Kier alpha value is -3.05. The van der Waals surface area contributed by atoms with Crippen LogP contribution in [0.1, 0.15) is 24.1 Å². The minimum atomic E-state index is -4.61. The standard InChI is InChI=1S/C19H21F5N6O/c20-15(21)9-27-17-13(7-25)8-28-18(29-17)30-6-2-3-12(10-30)11-31-14-4-1-5-26-16(14)19(22,23)24/h1,4-5,7-8,12,15,25H,2-3,6,9-11H2,(H,27,28,29). The summed E-state index contributed by atoms with van der Waals surface area (Å²) >= 11 is 0. The van der Waals surface area contributed by atoms with Crippen molar-refractivity contribution in [3.8, 4) is 5.75 Å². The van der Waals surface area contributed by atoms with Gasteiger partial charge < -0.3 is 20.4 Å². The molecule has 0 bridgehead atoms. The van der Waals surface area contributed by atoms with E-state index in [1.165, 1.54) is 18.3 Å². The maximum Gasteiger partial charge on any atom is 0.437 e. The topological polar surface area (TPSA) is 87.0 Å².